The molecule has 0 N–H and O–H groups in total. The van der Waals surface area contributed by atoms with E-state index in [9.17, 15) is 14.9 Å². The Hall–Kier alpha value is -3.74. The lowest BCUT2D eigenvalue weighted by Gasteiger charge is -2.36. The van der Waals surface area contributed by atoms with Crippen LogP contribution in [0.4, 0.5) is 11.4 Å². The Morgan fingerprint density at radius 1 is 0.900 bits per heavy atom. The number of benzene rings is 2. The van der Waals surface area contributed by atoms with E-state index >= 15 is 0 Å². The number of thiophene rings is 1. The first-order valence-electron chi connectivity index (χ1n) is 12.2. The molecule has 0 unspecified atom stereocenters. The Labute approximate surface area is 251 Å². The fourth-order valence-corrected chi connectivity index (χ4v) is 6.57. The molecular weight excluding hydrogens is 583 g/mol. The van der Waals surface area contributed by atoms with Crippen LogP contribution in [0.25, 0.3) is 11.1 Å². The van der Waals surface area contributed by atoms with E-state index in [2.05, 4.69) is 6.07 Å². The highest BCUT2D eigenvalue weighted by Crippen LogP contribution is 2.36. The van der Waals surface area contributed by atoms with Crippen molar-refractivity contribution in [2.45, 2.75) is 27.7 Å². The number of halogens is 2. The van der Waals surface area contributed by atoms with E-state index < -0.39 is 11.8 Å². The fraction of sp³-hybridized carbons (Fsp3) is 0.133. The molecule has 5 rings (SSSR count). The minimum absolute atomic E-state index is 0.00501. The summed E-state index contributed by atoms with van der Waals surface area (Å²) < 4.78 is 1.99. The van der Waals surface area contributed by atoms with Gasteiger partial charge in [0.05, 0.1) is 27.0 Å². The van der Waals surface area contributed by atoms with Gasteiger partial charge in [-0.1, -0.05) is 41.4 Å². The van der Waals surface area contributed by atoms with Crippen molar-refractivity contribution in [2.24, 2.45) is 0 Å². The number of nitrogens with zero attached hydrogens (tertiary/aromatic N) is 4. The van der Waals surface area contributed by atoms with Gasteiger partial charge in [0.2, 0.25) is 0 Å². The molecule has 0 radical (unpaired) electrons. The number of hydrogen-bond acceptors (Lipinski definition) is 5. The van der Waals surface area contributed by atoms with Gasteiger partial charge in [-0.3, -0.25) is 19.4 Å². The Kier molecular flexibility index (Phi) is 7.42. The van der Waals surface area contributed by atoms with Crippen LogP contribution < -0.4 is 9.80 Å². The Morgan fingerprint density at radius 3 is 2.17 bits per heavy atom. The average Bonchev–Trinajstić information content (AvgIpc) is 3.36. The number of rotatable bonds is 4. The van der Waals surface area contributed by atoms with Gasteiger partial charge >= 0.3 is 0 Å². The summed E-state index contributed by atoms with van der Waals surface area (Å²) in [4.78, 5) is 31.5. The third kappa shape index (κ3) is 4.55. The molecule has 0 bridgehead atoms. The molecule has 0 aliphatic carbocycles. The van der Waals surface area contributed by atoms with Crippen molar-refractivity contribution in [3.8, 4) is 11.1 Å². The zero-order valence-corrected chi connectivity index (χ0v) is 25.1. The van der Waals surface area contributed by atoms with Gasteiger partial charge in [-0.2, -0.15) is 5.26 Å². The van der Waals surface area contributed by atoms with Crippen LogP contribution in [0.5, 0.6) is 0 Å². The second-order valence-corrected chi connectivity index (χ2v) is 11.7. The Morgan fingerprint density at radius 2 is 1.55 bits per heavy atom. The van der Waals surface area contributed by atoms with E-state index in [0.717, 1.165) is 26.8 Å². The summed E-state index contributed by atoms with van der Waals surface area (Å²) in [7, 11) is 0. The number of carbonyl (C=O) groups is 2. The second-order valence-electron chi connectivity index (χ2n) is 9.29. The number of hydrogen-bond donors (Lipinski definition) is 0. The lowest BCUT2D eigenvalue weighted by Crippen LogP contribution is -2.56. The number of aryl methyl sites for hydroxylation is 2. The number of carbonyl (C=O) groups excluding carboxylic acids is 2. The number of anilines is 2. The van der Waals surface area contributed by atoms with Gasteiger partial charge in [-0.15, -0.1) is 11.3 Å². The molecule has 6 nitrogen and oxygen atoms in total. The molecule has 1 aliphatic heterocycles. The van der Waals surface area contributed by atoms with Crippen molar-refractivity contribution >= 4 is 81.1 Å². The monoisotopic (exact) mass is 604 g/mol. The lowest BCUT2D eigenvalue weighted by atomic mass is 10.0. The maximum atomic E-state index is 13.9. The SMILES string of the molecule is Cc1sc(-n2c(C)cc(/C=C3/C(=O)N(c4ccccc4)C(=S)N(c4ccc(Cl)c(Cl)c4)C3=O)c2C)c(C#N)c1C. The maximum Gasteiger partial charge on any atom is 0.270 e. The standard InChI is InChI=1S/C30H22Cl2N4O2S2/c1-16-12-20(18(3)34(16)29-24(15-33)17(2)19(4)40-29)13-23-27(37)35(21-8-6-5-7-9-21)30(39)36(28(23)38)22-10-11-25(31)26(32)14-22/h5-14H,1-4H3/b23-13-. The topological polar surface area (TPSA) is 69.3 Å². The van der Waals surface area contributed by atoms with Gasteiger partial charge < -0.3 is 4.57 Å². The molecule has 4 aromatic rings. The third-order valence-corrected chi connectivity index (χ3v) is 9.17. The Balaban J connectivity index is 1.69. The normalized spacial score (nSPS) is 14.8. The molecule has 0 saturated carbocycles. The van der Waals surface area contributed by atoms with Crippen molar-refractivity contribution in [3.05, 3.63) is 103 Å². The van der Waals surface area contributed by atoms with Gasteiger partial charge in [0.1, 0.15) is 16.6 Å². The molecule has 2 aromatic heterocycles. The van der Waals surface area contributed by atoms with E-state index in [4.69, 9.17) is 35.4 Å². The van der Waals surface area contributed by atoms with E-state index in [1.807, 2.05) is 44.4 Å². The first-order valence-corrected chi connectivity index (χ1v) is 14.2. The summed E-state index contributed by atoms with van der Waals surface area (Å²) >= 11 is 19.6. The minimum Gasteiger partial charge on any atom is -0.308 e. The highest BCUT2D eigenvalue weighted by molar-refractivity contribution is 7.81. The summed E-state index contributed by atoms with van der Waals surface area (Å²) in [5, 5.41) is 11.2. The van der Waals surface area contributed by atoms with Gasteiger partial charge in [0.25, 0.3) is 11.8 Å². The lowest BCUT2D eigenvalue weighted by molar-refractivity contribution is -0.120. The number of para-hydroxylation sites is 1. The molecule has 1 saturated heterocycles. The van der Waals surface area contributed by atoms with Crippen LogP contribution in [0.3, 0.4) is 0 Å². The minimum atomic E-state index is -0.578. The van der Waals surface area contributed by atoms with E-state index in [1.165, 1.54) is 21.1 Å². The maximum absolute atomic E-state index is 13.9. The first-order chi connectivity index (χ1) is 19.0. The van der Waals surface area contributed by atoms with E-state index in [-0.39, 0.29) is 15.7 Å². The summed E-state index contributed by atoms with van der Waals surface area (Å²) in [6.45, 7) is 7.75. The molecule has 0 spiro atoms. The van der Waals surface area contributed by atoms with Crippen molar-refractivity contribution in [3.63, 3.8) is 0 Å². The van der Waals surface area contributed by atoms with Crippen LogP contribution >= 0.6 is 46.8 Å². The summed E-state index contributed by atoms with van der Waals surface area (Å²) in [6.07, 6.45) is 1.59. The van der Waals surface area contributed by atoms with Crippen molar-refractivity contribution in [1.29, 1.82) is 5.26 Å². The van der Waals surface area contributed by atoms with Gasteiger partial charge in [0.15, 0.2) is 5.11 Å². The summed E-state index contributed by atoms with van der Waals surface area (Å²) in [5.41, 5.74) is 4.74. The number of amides is 2. The number of thiocarbonyl (C=S) groups is 1. The quantitative estimate of drug-likeness (QED) is 0.136. The van der Waals surface area contributed by atoms with Crippen LogP contribution in [-0.4, -0.2) is 21.5 Å². The summed E-state index contributed by atoms with van der Waals surface area (Å²) in [5.74, 6) is -1.12. The van der Waals surface area contributed by atoms with Crippen LogP contribution in [0.2, 0.25) is 10.0 Å². The van der Waals surface area contributed by atoms with Gasteiger partial charge in [-0.25, -0.2) is 0 Å². The molecule has 0 atom stereocenters. The smallest absolute Gasteiger partial charge is 0.270 e. The summed E-state index contributed by atoms with van der Waals surface area (Å²) in [6, 6.07) is 17.9. The largest absolute Gasteiger partial charge is 0.308 e. The molecule has 2 aromatic carbocycles. The fourth-order valence-electron chi connectivity index (χ4n) is 4.69. The molecule has 40 heavy (non-hydrogen) atoms. The third-order valence-electron chi connectivity index (χ3n) is 6.88. The molecule has 1 aliphatic rings. The van der Waals surface area contributed by atoms with Crippen molar-refractivity contribution < 1.29 is 9.59 Å². The molecule has 200 valence electrons. The molecule has 10 heteroatoms. The highest BCUT2D eigenvalue weighted by Gasteiger charge is 2.41. The number of nitriles is 1. The van der Waals surface area contributed by atoms with E-state index in [1.54, 1.807) is 48.5 Å². The van der Waals surface area contributed by atoms with Gasteiger partial charge in [-0.05, 0) is 93.5 Å². The van der Waals surface area contributed by atoms with Crippen LogP contribution in [-0.2, 0) is 9.59 Å². The molecule has 2 amide bonds. The van der Waals surface area contributed by atoms with Gasteiger partial charge in [0, 0.05) is 16.3 Å². The average molecular weight is 606 g/mol. The van der Waals surface area contributed by atoms with Crippen LogP contribution in [0.1, 0.15) is 33.0 Å². The van der Waals surface area contributed by atoms with Crippen LogP contribution in [0, 0.1) is 39.0 Å². The van der Waals surface area contributed by atoms with Crippen LogP contribution in [0.15, 0.2) is 60.2 Å². The predicted octanol–water partition coefficient (Wildman–Crippen LogP) is 7.70. The molecule has 1 fully saturated rings. The predicted molar refractivity (Wildman–Crippen MR) is 166 cm³/mol. The zero-order chi connectivity index (χ0) is 28.9. The first kappa shape index (κ1) is 27.8. The number of aromatic nitrogens is 1. The second kappa shape index (κ2) is 10.7. The van der Waals surface area contributed by atoms with Crippen molar-refractivity contribution in [2.75, 3.05) is 9.80 Å². The Bertz CT molecular complexity index is 1800. The van der Waals surface area contributed by atoms with E-state index in [0.29, 0.717) is 27.5 Å². The zero-order valence-electron chi connectivity index (χ0n) is 22.0. The molecular formula is C30H22Cl2N4O2S2. The molecule has 3 heterocycles. The highest BCUT2D eigenvalue weighted by atomic mass is 35.5. The van der Waals surface area contributed by atoms with Crippen molar-refractivity contribution in [1.82, 2.24) is 4.57 Å².